The number of imidazole rings is 1. The van der Waals surface area contributed by atoms with Gasteiger partial charge in [0.2, 0.25) is 10.0 Å². The molecule has 5 rings (SSSR count). The van der Waals surface area contributed by atoms with Crippen LogP contribution < -0.4 is 14.5 Å². The average molecular weight is 486 g/mol. The SMILES string of the molecule is O=C(N=[N+]=Nc1ccc(N2CCOCC2)cc1)c1ccc(-c2nc3ccc(OCCO)cc3[nH]2)cc1. The van der Waals surface area contributed by atoms with E-state index in [0.717, 1.165) is 48.6 Å². The van der Waals surface area contributed by atoms with Crippen LogP contribution in [0.25, 0.3) is 22.4 Å². The Morgan fingerprint density at radius 1 is 1.08 bits per heavy atom. The Hall–Kier alpha value is -4.37. The Morgan fingerprint density at radius 3 is 2.61 bits per heavy atom. The molecule has 0 aliphatic carbocycles. The van der Waals surface area contributed by atoms with Crippen LogP contribution in [0.3, 0.4) is 0 Å². The maximum absolute atomic E-state index is 12.4. The van der Waals surface area contributed by atoms with E-state index in [1.807, 2.05) is 36.4 Å². The Kier molecular flexibility index (Phi) is 7.09. The first kappa shape index (κ1) is 23.4. The van der Waals surface area contributed by atoms with Crippen LogP contribution in [0.1, 0.15) is 10.4 Å². The Morgan fingerprint density at radius 2 is 1.86 bits per heavy atom. The van der Waals surface area contributed by atoms with Crippen molar-refractivity contribution in [1.29, 1.82) is 0 Å². The molecule has 10 heteroatoms. The van der Waals surface area contributed by atoms with Crippen molar-refractivity contribution in [2.24, 2.45) is 10.2 Å². The number of ether oxygens (including phenoxy) is 2. The maximum atomic E-state index is 12.4. The molecule has 1 aliphatic heterocycles. The van der Waals surface area contributed by atoms with Gasteiger partial charge in [-0.1, -0.05) is 12.1 Å². The van der Waals surface area contributed by atoms with Crippen molar-refractivity contribution < 1.29 is 19.4 Å². The van der Waals surface area contributed by atoms with Gasteiger partial charge in [0.15, 0.2) is 10.8 Å². The summed E-state index contributed by atoms with van der Waals surface area (Å²) in [5, 5.41) is 16.7. The molecule has 36 heavy (non-hydrogen) atoms. The van der Waals surface area contributed by atoms with Crippen molar-refractivity contribution in [2.75, 3.05) is 44.4 Å². The largest absolute Gasteiger partial charge is 0.491 e. The van der Waals surface area contributed by atoms with Gasteiger partial charge in [0.1, 0.15) is 18.2 Å². The van der Waals surface area contributed by atoms with E-state index >= 15 is 0 Å². The smallest absolute Gasteiger partial charge is 0.360 e. The molecule has 10 nitrogen and oxygen atoms in total. The quantitative estimate of drug-likeness (QED) is 0.302. The zero-order chi connectivity index (χ0) is 24.7. The van der Waals surface area contributed by atoms with Crippen LogP contribution in [0.2, 0.25) is 0 Å². The van der Waals surface area contributed by atoms with Crippen molar-refractivity contribution >= 4 is 28.3 Å². The third kappa shape index (κ3) is 5.47. The first-order valence-electron chi connectivity index (χ1n) is 11.6. The number of hydrogen-bond acceptors (Lipinski definition) is 7. The zero-order valence-electron chi connectivity index (χ0n) is 19.5. The first-order valence-corrected chi connectivity index (χ1v) is 11.6. The summed E-state index contributed by atoms with van der Waals surface area (Å²) >= 11 is 0. The lowest BCUT2D eigenvalue weighted by Gasteiger charge is -2.28. The van der Waals surface area contributed by atoms with Gasteiger partial charge >= 0.3 is 5.91 Å². The number of hydrogen-bond donors (Lipinski definition) is 2. The highest BCUT2D eigenvalue weighted by molar-refractivity contribution is 5.94. The fourth-order valence-corrected chi connectivity index (χ4v) is 3.87. The molecule has 0 radical (unpaired) electrons. The lowest BCUT2D eigenvalue weighted by atomic mass is 10.1. The van der Waals surface area contributed by atoms with Gasteiger partial charge in [0.05, 0.1) is 30.9 Å². The molecule has 1 amide bonds. The van der Waals surface area contributed by atoms with Crippen LogP contribution in [-0.2, 0) is 4.74 Å². The van der Waals surface area contributed by atoms with Crippen LogP contribution in [0.15, 0.2) is 77.0 Å². The van der Waals surface area contributed by atoms with Gasteiger partial charge in [-0.2, -0.15) is 0 Å². The second-order valence-corrected chi connectivity index (χ2v) is 8.12. The number of carbonyl (C=O) groups excluding carboxylic acids is 1. The third-order valence-corrected chi connectivity index (χ3v) is 5.74. The highest BCUT2D eigenvalue weighted by Crippen LogP contribution is 2.24. The normalized spacial score (nSPS) is 13.3. The van der Waals surface area contributed by atoms with E-state index in [1.54, 1.807) is 30.3 Å². The molecule has 0 spiro atoms. The fourth-order valence-electron chi connectivity index (χ4n) is 3.87. The minimum absolute atomic E-state index is 0.0482. The van der Waals surface area contributed by atoms with Crippen LogP contribution >= 0.6 is 0 Å². The summed E-state index contributed by atoms with van der Waals surface area (Å²) in [6, 6.07) is 20.1. The number of aromatic amines is 1. The molecule has 0 atom stereocenters. The van der Waals surface area contributed by atoms with Crippen LogP contribution in [-0.4, -0.2) is 60.5 Å². The molecule has 0 bridgehead atoms. The highest BCUT2D eigenvalue weighted by Gasteiger charge is 2.13. The lowest BCUT2D eigenvalue weighted by Crippen LogP contribution is -2.36. The van der Waals surface area contributed by atoms with Gasteiger partial charge in [-0.25, -0.2) is 4.98 Å². The molecule has 0 unspecified atom stereocenters. The van der Waals surface area contributed by atoms with Gasteiger partial charge in [-0.3, -0.25) is 4.79 Å². The number of morpholine rings is 1. The van der Waals surface area contributed by atoms with E-state index in [0.29, 0.717) is 22.8 Å². The van der Waals surface area contributed by atoms with E-state index in [1.165, 1.54) is 0 Å². The van der Waals surface area contributed by atoms with Crippen molar-refractivity contribution in [3.05, 3.63) is 72.3 Å². The van der Waals surface area contributed by atoms with E-state index in [2.05, 4.69) is 30.0 Å². The van der Waals surface area contributed by atoms with E-state index < -0.39 is 5.91 Å². The van der Waals surface area contributed by atoms with E-state index in [-0.39, 0.29) is 13.2 Å². The Balaban J connectivity index is 1.23. The van der Waals surface area contributed by atoms with Gasteiger partial charge < -0.3 is 24.5 Å². The molecule has 1 saturated heterocycles. The molecule has 1 aliphatic rings. The maximum Gasteiger partial charge on any atom is 0.360 e. The van der Waals surface area contributed by atoms with Crippen molar-refractivity contribution in [2.45, 2.75) is 0 Å². The predicted octanol–water partition coefficient (Wildman–Crippen LogP) is 3.88. The van der Waals surface area contributed by atoms with Crippen molar-refractivity contribution in [3.8, 4) is 17.1 Å². The summed E-state index contributed by atoms with van der Waals surface area (Å²) in [5.41, 5.74) is 4.54. The number of H-pyrrole nitrogens is 1. The molecule has 0 saturated carbocycles. The number of nitrogens with zero attached hydrogens (tertiary/aromatic N) is 5. The first-order chi connectivity index (χ1) is 17.7. The Labute approximate surface area is 206 Å². The second kappa shape index (κ2) is 10.9. The number of amides is 1. The number of aliphatic hydroxyl groups excluding tert-OH is 1. The fraction of sp³-hybridized carbons (Fsp3) is 0.231. The third-order valence-electron chi connectivity index (χ3n) is 5.74. The van der Waals surface area contributed by atoms with Gasteiger partial charge in [0, 0.05) is 36.0 Å². The molecule has 2 N–H and O–H groups in total. The summed E-state index contributed by atoms with van der Waals surface area (Å²) in [6.45, 7) is 3.36. The number of anilines is 1. The number of aromatic nitrogens is 2. The summed E-state index contributed by atoms with van der Waals surface area (Å²) < 4.78 is 10.8. The topological polar surface area (TPSA) is 126 Å². The number of benzene rings is 3. The molecule has 2 heterocycles. The lowest BCUT2D eigenvalue weighted by molar-refractivity contribution is 0.0992. The molecule has 4 aromatic rings. The van der Waals surface area contributed by atoms with E-state index in [9.17, 15) is 4.79 Å². The van der Waals surface area contributed by atoms with Crippen molar-refractivity contribution in [1.82, 2.24) is 14.9 Å². The molecule has 182 valence electrons. The summed E-state index contributed by atoms with van der Waals surface area (Å²) in [6.07, 6.45) is 0. The Bertz CT molecular complexity index is 1400. The molecular formula is C26H25N6O4+. The van der Waals surface area contributed by atoms with E-state index in [4.69, 9.17) is 14.6 Å². The summed E-state index contributed by atoms with van der Waals surface area (Å²) in [4.78, 5) is 26.2. The van der Waals surface area contributed by atoms with Crippen LogP contribution in [0.4, 0.5) is 11.4 Å². The molecule has 3 aromatic carbocycles. The monoisotopic (exact) mass is 485 g/mol. The standard InChI is InChI=1S/C26H24N6O4/c33-13-16-36-22-9-10-23-24(17-22)28-25(27-23)18-1-3-19(4-2-18)26(34)30-31-29-20-5-7-21(8-6-20)32-11-14-35-15-12-32/h1-10,17,33H,11-16H2/p+1. The minimum atomic E-state index is -0.481. The minimum Gasteiger partial charge on any atom is -0.491 e. The summed E-state index contributed by atoms with van der Waals surface area (Å²) in [7, 11) is 0. The van der Waals surface area contributed by atoms with Crippen LogP contribution in [0.5, 0.6) is 5.75 Å². The average Bonchev–Trinajstić information content (AvgIpc) is 3.36. The number of fused-ring (bicyclic) bond motifs is 1. The van der Waals surface area contributed by atoms with Gasteiger partial charge in [0.25, 0.3) is 0 Å². The zero-order valence-corrected chi connectivity index (χ0v) is 19.5. The number of carbonyl (C=O) groups is 1. The van der Waals surface area contributed by atoms with Gasteiger partial charge in [-0.15, -0.1) is 0 Å². The molecule has 1 aromatic heterocycles. The number of aliphatic hydroxyl groups is 1. The number of rotatable bonds is 7. The van der Waals surface area contributed by atoms with Crippen LogP contribution in [0, 0.1) is 0 Å². The molecular weight excluding hydrogens is 460 g/mol. The van der Waals surface area contributed by atoms with Gasteiger partial charge in [-0.05, 0) is 48.5 Å². The highest BCUT2D eigenvalue weighted by atomic mass is 16.5. The second-order valence-electron chi connectivity index (χ2n) is 8.12. The predicted molar refractivity (Wildman–Crippen MR) is 135 cm³/mol. The van der Waals surface area contributed by atoms with Crippen molar-refractivity contribution in [3.63, 3.8) is 0 Å². The molecule has 1 fully saturated rings. The summed E-state index contributed by atoms with van der Waals surface area (Å²) in [5.74, 6) is 0.836. The number of nitrogens with one attached hydrogen (secondary N) is 1.